The maximum atomic E-state index is 11.3. The Morgan fingerprint density at radius 2 is 1.77 bits per heavy atom. The SMILES string of the molecule is CC(=O)OC(C)C(=O)NC(C)(C)C. The van der Waals surface area contributed by atoms with Gasteiger partial charge in [-0.2, -0.15) is 0 Å². The van der Waals surface area contributed by atoms with E-state index in [1.165, 1.54) is 6.92 Å². The maximum absolute atomic E-state index is 11.3. The van der Waals surface area contributed by atoms with Crippen LogP contribution in [-0.2, 0) is 14.3 Å². The largest absolute Gasteiger partial charge is 0.453 e. The molecule has 0 aliphatic rings. The van der Waals surface area contributed by atoms with Crippen molar-refractivity contribution in [2.45, 2.75) is 46.3 Å². The first-order valence-corrected chi connectivity index (χ1v) is 4.21. The van der Waals surface area contributed by atoms with Crippen LogP contribution in [0.2, 0.25) is 0 Å². The first-order chi connectivity index (χ1) is 5.72. The van der Waals surface area contributed by atoms with E-state index >= 15 is 0 Å². The van der Waals surface area contributed by atoms with Crippen LogP contribution < -0.4 is 5.32 Å². The molecule has 76 valence electrons. The highest BCUT2D eigenvalue weighted by atomic mass is 16.5. The molecule has 0 heterocycles. The molecule has 1 unspecified atom stereocenters. The van der Waals surface area contributed by atoms with Gasteiger partial charge in [0.2, 0.25) is 0 Å². The molecule has 0 aromatic rings. The van der Waals surface area contributed by atoms with Gasteiger partial charge in [-0.15, -0.1) is 0 Å². The number of hydrogen-bond donors (Lipinski definition) is 1. The van der Waals surface area contributed by atoms with E-state index in [1.807, 2.05) is 20.8 Å². The standard InChI is InChI=1S/C9H17NO3/c1-6(13-7(2)11)8(12)10-9(3,4)5/h6H,1-5H3,(H,10,12). The summed E-state index contributed by atoms with van der Waals surface area (Å²) in [6, 6.07) is 0. The molecule has 4 nitrogen and oxygen atoms in total. The second-order valence-electron chi connectivity index (χ2n) is 3.99. The van der Waals surface area contributed by atoms with E-state index in [4.69, 9.17) is 4.74 Å². The lowest BCUT2D eigenvalue weighted by molar-refractivity contribution is -0.153. The normalized spacial score (nSPS) is 13.3. The molecular formula is C9H17NO3. The number of hydrogen-bond acceptors (Lipinski definition) is 3. The highest BCUT2D eigenvalue weighted by Crippen LogP contribution is 2.01. The van der Waals surface area contributed by atoms with Crippen LogP contribution in [0.1, 0.15) is 34.6 Å². The van der Waals surface area contributed by atoms with Gasteiger partial charge in [0, 0.05) is 12.5 Å². The van der Waals surface area contributed by atoms with Crippen molar-refractivity contribution in [3.63, 3.8) is 0 Å². The van der Waals surface area contributed by atoms with Crippen LogP contribution in [-0.4, -0.2) is 23.5 Å². The van der Waals surface area contributed by atoms with E-state index in [-0.39, 0.29) is 11.4 Å². The van der Waals surface area contributed by atoms with Crippen LogP contribution in [0, 0.1) is 0 Å². The van der Waals surface area contributed by atoms with Crippen LogP contribution >= 0.6 is 0 Å². The van der Waals surface area contributed by atoms with E-state index in [2.05, 4.69) is 5.32 Å². The number of esters is 1. The van der Waals surface area contributed by atoms with Crippen LogP contribution in [0.5, 0.6) is 0 Å². The summed E-state index contributed by atoms with van der Waals surface area (Å²) >= 11 is 0. The quantitative estimate of drug-likeness (QED) is 0.652. The molecule has 0 aromatic carbocycles. The Kier molecular flexibility index (Phi) is 3.91. The summed E-state index contributed by atoms with van der Waals surface area (Å²) in [5.74, 6) is -0.723. The van der Waals surface area contributed by atoms with Crippen molar-refractivity contribution in [3.05, 3.63) is 0 Å². The molecule has 13 heavy (non-hydrogen) atoms. The highest BCUT2D eigenvalue weighted by molar-refractivity contribution is 5.83. The molecule has 0 spiro atoms. The van der Waals surface area contributed by atoms with Crippen LogP contribution in [0.15, 0.2) is 0 Å². The number of carbonyl (C=O) groups is 2. The average molecular weight is 187 g/mol. The summed E-state index contributed by atoms with van der Waals surface area (Å²) in [5, 5.41) is 2.71. The molecule has 0 fully saturated rings. The number of rotatable bonds is 2. The molecule has 1 N–H and O–H groups in total. The molecular weight excluding hydrogens is 170 g/mol. The van der Waals surface area contributed by atoms with Crippen LogP contribution in [0.3, 0.4) is 0 Å². The molecule has 0 saturated heterocycles. The van der Waals surface area contributed by atoms with Gasteiger partial charge in [0.25, 0.3) is 5.91 Å². The molecule has 1 atom stereocenters. The monoisotopic (exact) mass is 187 g/mol. The molecule has 1 amide bonds. The van der Waals surface area contributed by atoms with Gasteiger partial charge in [-0.3, -0.25) is 9.59 Å². The first kappa shape index (κ1) is 11.9. The van der Waals surface area contributed by atoms with Crippen LogP contribution in [0.25, 0.3) is 0 Å². The third-order valence-electron chi connectivity index (χ3n) is 1.21. The van der Waals surface area contributed by atoms with Gasteiger partial charge in [0.1, 0.15) is 0 Å². The van der Waals surface area contributed by atoms with Crippen molar-refractivity contribution >= 4 is 11.9 Å². The van der Waals surface area contributed by atoms with Gasteiger partial charge < -0.3 is 10.1 Å². The lowest BCUT2D eigenvalue weighted by Gasteiger charge is -2.22. The minimum atomic E-state index is -0.725. The van der Waals surface area contributed by atoms with Gasteiger partial charge in [-0.25, -0.2) is 0 Å². The summed E-state index contributed by atoms with van der Waals surface area (Å²) in [7, 11) is 0. The summed E-state index contributed by atoms with van der Waals surface area (Å²) in [6.45, 7) is 8.42. The van der Waals surface area contributed by atoms with E-state index < -0.39 is 12.1 Å². The Morgan fingerprint density at radius 1 is 1.31 bits per heavy atom. The zero-order valence-corrected chi connectivity index (χ0v) is 8.80. The fourth-order valence-electron chi connectivity index (χ4n) is 0.774. The van der Waals surface area contributed by atoms with Gasteiger partial charge in [-0.1, -0.05) is 0 Å². The lowest BCUT2D eigenvalue weighted by Crippen LogP contribution is -2.46. The molecule has 0 saturated carbocycles. The Balaban J connectivity index is 4.05. The number of nitrogens with one attached hydrogen (secondary N) is 1. The van der Waals surface area contributed by atoms with Gasteiger partial charge in [0.15, 0.2) is 6.10 Å². The van der Waals surface area contributed by atoms with E-state index in [9.17, 15) is 9.59 Å². The zero-order valence-electron chi connectivity index (χ0n) is 8.80. The third-order valence-corrected chi connectivity index (χ3v) is 1.21. The van der Waals surface area contributed by atoms with Crippen molar-refractivity contribution in [3.8, 4) is 0 Å². The number of amides is 1. The second-order valence-corrected chi connectivity index (χ2v) is 3.99. The number of carbonyl (C=O) groups excluding carboxylic acids is 2. The predicted molar refractivity (Wildman–Crippen MR) is 49.1 cm³/mol. The van der Waals surface area contributed by atoms with Crippen molar-refractivity contribution in [2.24, 2.45) is 0 Å². The molecule has 0 aliphatic heterocycles. The Hall–Kier alpha value is -1.06. The Labute approximate surface area is 78.6 Å². The second kappa shape index (κ2) is 4.25. The maximum Gasteiger partial charge on any atom is 0.303 e. The molecule has 0 aliphatic carbocycles. The van der Waals surface area contributed by atoms with Crippen molar-refractivity contribution in [1.29, 1.82) is 0 Å². The van der Waals surface area contributed by atoms with E-state index in [1.54, 1.807) is 6.92 Å². The van der Waals surface area contributed by atoms with E-state index in [0.29, 0.717) is 0 Å². The molecule has 0 rings (SSSR count). The van der Waals surface area contributed by atoms with Crippen molar-refractivity contribution < 1.29 is 14.3 Å². The smallest absolute Gasteiger partial charge is 0.303 e. The van der Waals surface area contributed by atoms with Crippen LogP contribution in [0.4, 0.5) is 0 Å². The lowest BCUT2D eigenvalue weighted by atomic mass is 10.1. The summed E-state index contributed by atoms with van der Waals surface area (Å²) < 4.78 is 4.71. The van der Waals surface area contributed by atoms with Gasteiger partial charge in [-0.05, 0) is 27.7 Å². The fourth-order valence-corrected chi connectivity index (χ4v) is 0.774. The fraction of sp³-hybridized carbons (Fsp3) is 0.778. The summed E-state index contributed by atoms with van der Waals surface area (Å²) in [6.07, 6.45) is -0.725. The predicted octanol–water partition coefficient (Wildman–Crippen LogP) is 0.853. The van der Waals surface area contributed by atoms with Crippen molar-refractivity contribution in [2.75, 3.05) is 0 Å². The van der Waals surface area contributed by atoms with Gasteiger partial charge >= 0.3 is 5.97 Å². The minimum Gasteiger partial charge on any atom is -0.453 e. The third kappa shape index (κ3) is 6.13. The Bertz CT molecular complexity index is 205. The zero-order chi connectivity index (χ0) is 10.6. The van der Waals surface area contributed by atoms with E-state index in [0.717, 1.165) is 0 Å². The van der Waals surface area contributed by atoms with Gasteiger partial charge in [0.05, 0.1) is 0 Å². The molecule has 0 bridgehead atoms. The average Bonchev–Trinajstić information content (AvgIpc) is 1.81. The summed E-state index contributed by atoms with van der Waals surface area (Å²) in [4.78, 5) is 21.8. The first-order valence-electron chi connectivity index (χ1n) is 4.21. The van der Waals surface area contributed by atoms with Crippen molar-refractivity contribution in [1.82, 2.24) is 5.32 Å². The summed E-state index contributed by atoms with van der Waals surface area (Å²) in [5.41, 5.74) is -0.300. The molecule has 0 radical (unpaired) electrons. The minimum absolute atomic E-state index is 0.275. The molecule has 0 aromatic heterocycles. The Morgan fingerprint density at radius 3 is 2.08 bits per heavy atom. The molecule has 4 heteroatoms. The highest BCUT2D eigenvalue weighted by Gasteiger charge is 2.20. The topological polar surface area (TPSA) is 55.4 Å². The number of ether oxygens (including phenoxy) is 1.